The third kappa shape index (κ3) is 1.92. The summed E-state index contributed by atoms with van der Waals surface area (Å²) in [5.41, 5.74) is 0. The average Bonchev–Trinajstić information content (AvgIpc) is 2.91. The van der Waals surface area contributed by atoms with Gasteiger partial charge < -0.3 is 14.6 Å². The number of ether oxygens (including phenoxy) is 2. The standard InChI is InChI=1S/C10H12O3/c1-2-7(11)6-12-8-3-4-9-10(5-8)13-9/h3-5,7,11H,2,6H2,1H3. The Morgan fingerprint density at radius 2 is 2.31 bits per heavy atom. The van der Waals surface area contributed by atoms with Gasteiger partial charge in [-0.2, -0.15) is 0 Å². The van der Waals surface area contributed by atoms with E-state index in [1.807, 2.05) is 25.1 Å². The summed E-state index contributed by atoms with van der Waals surface area (Å²) < 4.78 is 10.4. The minimum Gasteiger partial charge on any atom is -0.491 e. The van der Waals surface area contributed by atoms with Gasteiger partial charge in [-0.15, -0.1) is 0 Å². The van der Waals surface area contributed by atoms with Gasteiger partial charge in [0.05, 0.1) is 6.10 Å². The van der Waals surface area contributed by atoms with Crippen molar-refractivity contribution in [3.05, 3.63) is 18.2 Å². The Morgan fingerprint density at radius 3 is 3.00 bits per heavy atom. The minimum atomic E-state index is -0.384. The Balaban J connectivity index is 1.89. The van der Waals surface area contributed by atoms with E-state index in [0.29, 0.717) is 13.0 Å². The molecule has 1 aromatic rings. The predicted molar refractivity (Wildman–Crippen MR) is 48.3 cm³/mol. The Hall–Kier alpha value is -1.22. The van der Waals surface area contributed by atoms with E-state index in [4.69, 9.17) is 9.47 Å². The Morgan fingerprint density at radius 1 is 1.46 bits per heavy atom. The minimum absolute atomic E-state index is 0.343. The molecule has 1 unspecified atom stereocenters. The maximum atomic E-state index is 9.25. The van der Waals surface area contributed by atoms with Crippen LogP contribution in [0.5, 0.6) is 17.2 Å². The molecule has 2 rings (SSSR count). The van der Waals surface area contributed by atoms with Crippen molar-refractivity contribution in [3.63, 3.8) is 0 Å². The highest BCUT2D eigenvalue weighted by molar-refractivity contribution is 5.57. The van der Waals surface area contributed by atoms with Gasteiger partial charge >= 0.3 is 0 Å². The van der Waals surface area contributed by atoms with Gasteiger partial charge in [0, 0.05) is 6.07 Å². The summed E-state index contributed by atoms with van der Waals surface area (Å²) in [6.07, 6.45) is 0.325. The van der Waals surface area contributed by atoms with E-state index in [9.17, 15) is 5.11 Å². The molecule has 3 nitrogen and oxygen atoms in total. The fraction of sp³-hybridized carbons (Fsp3) is 0.400. The molecule has 0 saturated carbocycles. The summed E-state index contributed by atoms with van der Waals surface area (Å²) in [6.45, 7) is 2.26. The van der Waals surface area contributed by atoms with E-state index < -0.39 is 0 Å². The zero-order chi connectivity index (χ0) is 9.26. The van der Waals surface area contributed by atoms with Gasteiger partial charge in [0.2, 0.25) is 0 Å². The smallest absolute Gasteiger partial charge is 0.173 e. The van der Waals surface area contributed by atoms with E-state index in [1.54, 1.807) is 0 Å². The van der Waals surface area contributed by atoms with Gasteiger partial charge in [0.1, 0.15) is 12.4 Å². The monoisotopic (exact) mass is 180 g/mol. The SMILES string of the molecule is CCC(O)COc1ccc2c(c1)O2. The molecule has 1 heterocycles. The quantitative estimate of drug-likeness (QED) is 0.731. The molecule has 0 radical (unpaired) electrons. The van der Waals surface area contributed by atoms with Crippen molar-refractivity contribution in [2.75, 3.05) is 6.61 Å². The zero-order valence-corrected chi connectivity index (χ0v) is 7.49. The lowest BCUT2D eigenvalue weighted by atomic mass is 10.3. The van der Waals surface area contributed by atoms with Crippen molar-refractivity contribution in [1.82, 2.24) is 0 Å². The fourth-order valence-electron chi connectivity index (χ4n) is 1.04. The highest BCUT2D eigenvalue weighted by atomic mass is 16.6. The maximum Gasteiger partial charge on any atom is 0.173 e. The first-order valence-corrected chi connectivity index (χ1v) is 4.42. The molecular weight excluding hydrogens is 168 g/mol. The summed E-state index contributed by atoms with van der Waals surface area (Å²) >= 11 is 0. The third-order valence-corrected chi connectivity index (χ3v) is 2.01. The van der Waals surface area contributed by atoms with Crippen LogP contribution in [0, 0.1) is 0 Å². The third-order valence-electron chi connectivity index (χ3n) is 2.01. The molecule has 0 aliphatic carbocycles. The van der Waals surface area contributed by atoms with Gasteiger partial charge in [-0.25, -0.2) is 0 Å². The summed E-state index contributed by atoms with van der Waals surface area (Å²) in [5.74, 6) is 2.55. The van der Waals surface area contributed by atoms with Crippen LogP contribution in [0.2, 0.25) is 0 Å². The van der Waals surface area contributed by atoms with E-state index >= 15 is 0 Å². The van der Waals surface area contributed by atoms with Crippen molar-refractivity contribution in [1.29, 1.82) is 0 Å². The van der Waals surface area contributed by atoms with Crippen LogP contribution in [0.25, 0.3) is 0 Å². The van der Waals surface area contributed by atoms with Crippen LogP contribution in [0.4, 0.5) is 0 Å². The number of aliphatic hydroxyl groups is 1. The van der Waals surface area contributed by atoms with Gasteiger partial charge in [0.25, 0.3) is 0 Å². The van der Waals surface area contributed by atoms with Crippen LogP contribution < -0.4 is 9.47 Å². The first kappa shape index (κ1) is 8.38. The number of benzene rings is 1. The molecule has 1 aliphatic rings. The van der Waals surface area contributed by atoms with Crippen molar-refractivity contribution in [2.45, 2.75) is 19.4 Å². The number of hydrogen-bond acceptors (Lipinski definition) is 3. The molecule has 1 atom stereocenters. The van der Waals surface area contributed by atoms with Gasteiger partial charge in [-0.3, -0.25) is 0 Å². The summed E-state index contributed by atoms with van der Waals surface area (Å²) in [6, 6.07) is 5.54. The molecule has 70 valence electrons. The topological polar surface area (TPSA) is 42.0 Å². The van der Waals surface area contributed by atoms with Crippen LogP contribution in [-0.2, 0) is 0 Å². The second-order valence-corrected chi connectivity index (χ2v) is 3.08. The van der Waals surface area contributed by atoms with Crippen molar-refractivity contribution < 1.29 is 14.6 Å². The van der Waals surface area contributed by atoms with Crippen molar-refractivity contribution in [3.8, 4) is 17.2 Å². The lowest BCUT2D eigenvalue weighted by Crippen LogP contribution is -2.15. The van der Waals surface area contributed by atoms with Gasteiger partial charge in [0.15, 0.2) is 11.5 Å². The van der Waals surface area contributed by atoms with Gasteiger partial charge in [-0.1, -0.05) is 6.92 Å². The Labute approximate surface area is 76.9 Å². The van der Waals surface area contributed by atoms with Crippen LogP contribution in [-0.4, -0.2) is 17.8 Å². The second kappa shape index (κ2) is 3.26. The predicted octanol–water partition coefficient (Wildman–Crippen LogP) is 1.94. The molecule has 0 bridgehead atoms. The molecule has 1 N–H and O–H groups in total. The summed E-state index contributed by atoms with van der Waals surface area (Å²) in [5, 5.41) is 9.25. The molecule has 0 saturated heterocycles. The van der Waals surface area contributed by atoms with Crippen LogP contribution in [0.1, 0.15) is 13.3 Å². The molecule has 1 aromatic carbocycles. The highest BCUT2D eigenvalue weighted by Gasteiger charge is 2.19. The number of aliphatic hydroxyl groups excluding tert-OH is 1. The van der Waals surface area contributed by atoms with Crippen molar-refractivity contribution >= 4 is 0 Å². The molecule has 1 aliphatic heterocycles. The summed E-state index contributed by atoms with van der Waals surface area (Å²) in [4.78, 5) is 0. The summed E-state index contributed by atoms with van der Waals surface area (Å²) in [7, 11) is 0. The molecule has 3 heteroatoms. The highest BCUT2D eigenvalue weighted by Crippen LogP contribution is 2.46. The first-order chi connectivity index (χ1) is 6.29. The van der Waals surface area contributed by atoms with E-state index in [0.717, 1.165) is 17.2 Å². The van der Waals surface area contributed by atoms with Crippen LogP contribution >= 0.6 is 0 Å². The first-order valence-electron chi connectivity index (χ1n) is 4.42. The zero-order valence-electron chi connectivity index (χ0n) is 7.49. The van der Waals surface area contributed by atoms with Gasteiger partial charge in [-0.05, 0) is 18.6 Å². The fourth-order valence-corrected chi connectivity index (χ4v) is 1.04. The van der Waals surface area contributed by atoms with E-state index in [1.165, 1.54) is 0 Å². The lowest BCUT2D eigenvalue weighted by molar-refractivity contribution is 0.104. The average molecular weight is 180 g/mol. The lowest BCUT2D eigenvalue weighted by Gasteiger charge is -2.08. The number of hydrogen-bond donors (Lipinski definition) is 1. The Kier molecular flexibility index (Phi) is 2.10. The molecule has 0 aromatic heterocycles. The number of rotatable bonds is 4. The molecule has 0 fully saturated rings. The molecular formula is C10H12O3. The molecule has 0 amide bonds. The molecule has 13 heavy (non-hydrogen) atoms. The number of fused-ring (bicyclic) bond motifs is 1. The maximum absolute atomic E-state index is 9.25. The Bertz CT molecular complexity index is 309. The van der Waals surface area contributed by atoms with E-state index in [-0.39, 0.29) is 6.10 Å². The van der Waals surface area contributed by atoms with Crippen molar-refractivity contribution in [2.24, 2.45) is 0 Å². The largest absolute Gasteiger partial charge is 0.491 e. The van der Waals surface area contributed by atoms with Crippen LogP contribution in [0.15, 0.2) is 18.2 Å². The molecule has 0 spiro atoms. The van der Waals surface area contributed by atoms with E-state index in [2.05, 4.69) is 0 Å². The second-order valence-electron chi connectivity index (χ2n) is 3.08. The van der Waals surface area contributed by atoms with Crippen LogP contribution in [0.3, 0.4) is 0 Å². The normalized spacial score (nSPS) is 14.3.